The van der Waals surface area contributed by atoms with Crippen LogP contribution in [0.5, 0.6) is 0 Å². The summed E-state index contributed by atoms with van der Waals surface area (Å²) in [6.45, 7) is 5.37. The highest BCUT2D eigenvalue weighted by Gasteiger charge is 2.28. The second kappa shape index (κ2) is 12.0. The maximum Gasteiger partial charge on any atom is 0.271 e. The summed E-state index contributed by atoms with van der Waals surface area (Å²) in [5.41, 5.74) is 2.83. The van der Waals surface area contributed by atoms with Crippen LogP contribution < -0.4 is 10.6 Å². The Morgan fingerprint density at radius 3 is 2.56 bits per heavy atom. The molecule has 0 aliphatic carbocycles. The summed E-state index contributed by atoms with van der Waals surface area (Å²) in [6, 6.07) is 14.6. The first-order valence-corrected chi connectivity index (χ1v) is 11.0. The first-order chi connectivity index (χ1) is 15.2. The van der Waals surface area contributed by atoms with Gasteiger partial charge in [0.1, 0.15) is 0 Å². The Labute approximate surface area is 190 Å². The highest BCUT2D eigenvalue weighted by Crippen LogP contribution is 2.31. The van der Waals surface area contributed by atoms with E-state index in [1.807, 2.05) is 50.4 Å². The number of terminal acetylenes is 1. The van der Waals surface area contributed by atoms with Crippen molar-refractivity contribution in [3.63, 3.8) is 0 Å². The zero-order valence-corrected chi connectivity index (χ0v) is 19.1. The number of benzene rings is 2. The fourth-order valence-corrected chi connectivity index (χ4v) is 3.51. The molecule has 32 heavy (non-hydrogen) atoms. The molecule has 0 aliphatic heterocycles. The van der Waals surface area contributed by atoms with Gasteiger partial charge in [-0.2, -0.15) is 0 Å². The second-order valence-corrected chi connectivity index (χ2v) is 8.14. The number of hydrogen-bond acceptors (Lipinski definition) is 2. The fraction of sp³-hybridized carbons (Fsp3) is 0.370. The van der Waals surface area contributed by atoms with Crippen LogP contribution in [-0.2, 0) is 17.1 Å². The number of nitrogens with one attached hydrogen (secondary N) is 2. The van der Waals surface area contributed by atoms with Gasteiger partial charge in [0.2, 0.25) is 5.91 Å². The minimum absolute atomic E-state index is 0.0542. The quantitative estimate of drug-likeness (QED) is 0.407. The van der Waals surface area contributed by atoms with Crippen LogP contribution in [-0.4, -0.2) is 12.5 Å². The van der Waals surface area contributed by atoms with E-state index in [9.17, 15) is 13.6 Å². The Morgan fingerprint density at radius 1 is 1.22 bits per heavy atom. The molecule has 0 aliphatic rings. The molecule has 0 bridgehead atoms. The van der Waals surface area contributed by atoms with Gasteiger partial charge in [0.25, 0.3) is 5.92 Å². The summed E-state index contributed by atoms with van der Waals surface area (Å²) in [7, 11) is 0. The van der Waals surface area contributed by atoms with Crippen molar-refractivity contribution in [3.8, 4) is 12.3 Å². The standard InChI is InChI=1S/C27H32F2N2O/c1-5-10-23(17-21-13-14-22(6-2)25(18-21)27(4,28)29)26(32)30-16-15-20(3)19-31-24-11-8-7-9-12-24/h2,7-9,11-14,18-19,23,31H,5,10,15-17H2,1,3-4H3,(H,30,32)/b20-19+. The topological polar surface area (TPSA) is 41.1 Å². The number of hydrogen-bond donors (Lipinski definition) is 2. The molecule has 1 unspecified atom stereocenters. The maximum absolute atomic E-state index is 14.0. The van der Waals surface area contributed by atoms with E-state index in [4.69, 9.17) is 6.42 Å². The molecule has 0 aromatic heterocycles. The first kappa shape index (κ1) is 25.1. The lowest BCUT2D eigenvalue weighted by Gasteiger charge is -2.19. The molecule has 5 heteroatoms. The molecule has 1 atom stereocenters. The third-order valence-corrected chi connectivity index (χ3v) is 5.28. The molecule has 0 radical (unpaired) electrons. The van der Waals surface area contributed by atoms with Crippen LogP contribution in [0.2, 0.25) is 0 Å². The monoisotopic (exact) mass is 438 g/mol. The van der Waals surface area contributed by atoms with Crippen molar-refractivity contribution < 1.29 is 13.6 Å². The van der Waals surface area contributed by atoms with E-state index < -0.39 is 5.92 Å². The average Bonchev–Trinajstić information content (AvgIpc) is 2.77. The van der Waals surface area contributed by atoms with Gasteiger partial charge in [-0.3, -0.25) is 4.79 Å². The van der Waals surface area contributed by atoms with Crippen molar-refractivity contribution in [2.75, 3.05) is 11.9 Å². The van der Waals surface area contributed by atoms with E-state index >= 15 is 0 Å². The maximum atomic E-state index is 14.0. The molecule has 170 valence electrons. The molecule has 1 amide bonds. The Morgan fingerprint density at radius 2 is 1.94 bits per heavy atom. The van der Waals surface area contributed by atoms with Gasteiger partial charge < -0.3 is 10.6 Å². The van der Waals surface area contributed by atoms with Crippen molar-refractivity contribution >= 4 is 11.6 Å². The molecule has 2 aromatic carbocycles. The smallest absolute Gasteiger partial charge is 0.271 e. The Balaban J connectivity index is 1.96. The van der Waals surface area contributed by atoms with Gasteiger partial charge in [-0.25, -0.2) is 8.78 Å². The van der Waals surface area contributed by atoms with Gasteiger partial charge in [-0.15, -0.1) is 6.42 Å². The van der Waals surface area contributed by atoms with Crippen molar-refractivity contribution in [2.45, 2.75) is 52.4 Å². The van der Waals surface area contributed by atoms with E-state index in [0.29, 0.717) is 31.4 Å². The van der Waals surface area contributed by atoms with Crippen LogP contribution in [0.15, 0.2) is 60.3 Å². The summed E-state index contributed by atoms with van der Waals surface area (Å²) in [6.07, 6.45) is 9.94. The number of amides is 1. The first-order valence-electron chi connectivity index (χ1n) is 11.0. The molecule has 2 rings (SSSR count). The van der Waals surface area contributed by atoms with Gasteiger partial charge in [0.05, 0.1) is 0 Å². The summed E-state index contributed by atoms with van der Waals surface area (Å²) >= 11 is 0. The molecule has 0 fully saturated rings. The Kier molecular flexibility index (Phi) is 9.46. The van der Waals surface area contributed by atoms with Gasteiger partial charge >= 0.3 is 0 Å². The largest absolute Gasteiger partial charge is 0.362 e. The van der Waals surface area contributed by atoms with Crippen LogP contribution in [0.4, 0.5) is 14.5 Å². The van der Waals surface area contributed by atoms with E-state index in [2.05, 4.69) is 16.6 Å². The van der Waals surface area contributed by atoms with E-state index in [1.54, 1.807) is 6.07 Å². The predicted molar refractivity (Wildman–Crippen MR) is 127 cm³/mol. The van der Waals surface area contributed by atoms with Crippen molar-refractivity contribution in [3.05, 3.63) is 77.0 Å². The highest BCUT2D eigenvalue weighted by atomic mass is 19.3. The molecule has 2 N–H and O–H groups in total. The lowest BCUT2D eigenvalue weighted by Crippen LogP contribution is -2.32. The molecular weight excluding hydrogens is 406 g/mol. The summed E-state index contributed by atoms with van der Waals surface area (Å²) in [5, 5.41) is 6.23. The lowest BCUT2D eigenvalue weighted by atomic mass is 9.91. The SMILES string of the molecule is C#Cc1ccc(CC(CCC)C(=O)NCC/C(C)=C/Nc2ccccc2)cc1C(C)(F)F. The van der Waals surface area contributed by atoms with Crippen molar-refractivity contribution in [1.29, 1.82) is 0 Å². The second-order valence-electron chi connectivity index (χ2n) is 8.14. The molecule has 0 saturated carbocycles. The fourth-order valence-electron chi connectivity index (χ4n) is 3.51. The summed E-state index contributed by atoms with van der Waals surface area (Å²) in [5.74, 6) is -1.04. The Bertz CT molecular complexity index is 956. The predicted octanol–water partition coefficient (Wildman–Crippen LogP) is 6.26. The van der Waals surface area contributed by atoms with Gasteiger partial charge in [-0.1, -0.05) is 49.1 Å². The van der Waals surface area contributed by atoms with Gasteiger partial charge in [-0.05, 0) is 62.2 Å². The summed E-state index contributed by atoms with van der Waals surface area (Å²) < 4.78 is 27.9. The van der Waals surface area contributed by atoms with E-state index in [1.165, 1.54) is 12.1 Å². The van der Waals surface area contributed by atoms with Crippen LogP contribution in [0.1, 0.15) is 56.7 Å². The van der Waals surface area contributed by atoms with Crippen molar-refractivity contribution in [1.82, 2.24) is 5.32 Å². The number of alkyl halides is 2. The molecule has 2 aromatic rings. The lowest BCUT2D eigenvalue weighted by molar-refractivity contribution is -0.125. The Hall–Kier alpha value is -3.13. The van der Waals surface area contributed by atoms with Crippen LogP contribution in [0.3, 0.4) is 0 Å². The van der Waals surface area contributed by atoms with E-state index in [-0.39, 0.29) is 23.0 Å². The molecule has 0 heterocycles. The molecule has 0 saturated heterocycles. The number of carbonyl (C=O) groups is 1. The zero-order chi connectivity index (χ0) is 23.6. The van der Waals surface area contributed by atoms with Gasteiger partial charge in [0, 0.05) is 36.2 Å². The average molecular weight is 439 g/mol. The normalized spacial score (nSPS) is 12.7. The zero-order valence-electron chi connectivity index (χ0n) is 19.1. The van der Waals surface area contributed by atoms with E-state index in [0.717, 1.165) is 24.6 Å². The third-order valence-electron chi connectivity index (χ3n) is 5.28. The van der Waals surface area contributed by atoms with Gasteiger partial charge in [0.15, 0.2) is 0 Å². The minimum Gasteiger partial charge on any atom is -0.362 e. The van der Waals surface area contributed by atoms with Crippen LogP contribution in [0, 0.1) is 18.3 Å². The van der Waals surface area contributed by atoms with Crippen LogP contribution >= 0.6 is 0 Å². The number of rotatable bonds is 11. The number of para-hydroxylation sites is 1. The molecule has 3 nitrogen and oxygen atoms in total. The molecule has 0 spiro atoms. The minimum atomic E-state index is -3.03. The number of halogens is 2. The number of carbonyl (C=O) groups excluding carboxylic acids is 1. The summed E-state index contributed by atoms with van der Waals surface area (Å²) in [4.78, 5) is 12.8. The molecular formula is C27H32F2N2O. The third kappa shape index (κ3) is 7.85. The highest BCUT2D eigenvalue weighted by molar-refractivity contribution is 5.79. The van der Waals surface area contributed by atoms with Crippen LogP contribution in [0.25, 0.3) is 0 Å². The number of anilines is 1. The van der Waals surface area contributed by atoms with Crippen molar-refractivity contribution in [2.24, 2.45) is 5.92 Å².